The van der Waals surface area contributed by atoms with Crippen LogP contribution in [-0.2, 0) is 10.5 Å². The van der Waals surface area contributed by atoms with Crippen molar-refractivity contribution in [2.75, 3.05) is 25.9 Å². The highest BCUT2D eigenvalue weighted by molar-refractivity contribution is 7.98. The summed E-state index contributed by atoms with van der Waals surface area (Å²) >= 11 is 1.58. The van der Waals surface area contributed by atoms with Crippen LogP contribution in [0.3, 0.4) is 0 Å². The first-order chi connectivity index (χ1) is 10.7. The molecule has 1 heterocycles. The Kier molecular flexibility index (Phi) is 8.68. The van der Waals surface area contributed by atoms with E-state index < -0.39 is 0 Å². The molecule has 0 aliphatic rings. The van der Waals surface area contributed by atoms with Crippen LogP contribution in [-0.4, -0.2) is 41.8 Å². The van der Waals surface area contributed by atoms with Crippen molar-refractivity contribution in [2.45, 2.75) is 12.2 Å². The molecule has 0 saturated heterocycles. The van der Waals surface area contributed by atoms with Crippen molar-refractivity contribution in [3.05, 3.63) is 40.4 Å². The van der Waals surface area contributed by atoms with E-state index >= 15 is 0 Å². The number of carbonyl (C=O) groups is 1. The molecule has 3 N–H and O–H groups in total. The second-order valence-electron chi connectivity index (χ2n) is 4.79. The van der Waals surface area contributed by atoms with Crippen molar-refractivity contribution in [3.63, 3.8) is 0 Å². The summed E-state index contributed by atoms with van der Waals surface area (Å²) in [6.45, 7) is 1.40. The highest BCUT2D eigenvalue weighted by atomic mass is 35.5. The Morgan fingerprint density at radius 2 is 2.09 bits per heavy atom. The van der Waals surface area contributed by atoms with Crippen LogP contribution >= 0.6 is 24.2 Å². The fourth-order valence-electron chi connectivity index (χ4n) is 1.95. The standard InChI is InChI=1S/C15H20N4O2S.ClH/c1-16-7-8-17-14(20)6-9-22-10-13-18-12-5-3-2-4-11(12)15(21)19-13;/h2-5,16H,6-10H2,1H3,(H,17,20)(H,18,19,21);1H. The van der Waals surface area contributed by atoms with Crippen molar-refractivity contribution >= 4 is 41.0 Å². The number of thioether (sulfide) groups is 1. The molecule has 0 aliphatic heterocycles. The fraction of sp³-hybridized carbons (Fsp3) is 0.400. The number of H-pyrrole nitrogens is 1. The van der Waals surface area contributed by atoms with Crippen LogP contribution in [0.1, 0.15) is 12.2 Å². The van der Waals surface area contributed by atoms with Gasteiger partial charge in [0, 0.05) is 25.3 Å². The van der Waals surface area contributed by atoms with Gasteiger partial charge in [-0.2, -0.15) is 11.8 Å². The molecule has 0 aliphatic carbocycles. The number of nitrogens with zero attached hydrogens (tertiary/aromatic N) is 1. The summed E-state index contributed by atoms with van der Waals surface area (Å²) in [5.41, 5.74) is 0.581. The largest absolute Gasteiger partial charge is 0.355 e. The van der Waals surface area contributed by atoms with Crippen LogP contribution in [0.5, 0.6) is 0 Å². The third-order valence-electron chi connectivity index (χ3n) is 3.07. The Morgan fingerprint density at radius 3 is 2.87 bits per heavy atom. The van der Waals surface area contributed by atoms with Crippen LogP contribution in [0, 0.1) is 0 Å². The van der Waals surface area contributed by atoms with Gasteiger partial charge in [-0.15, -0.1) is 12.4 Å². The summed E-state index contributed by atoms with van der Waals surface area (Å²) in [7, 11) is 1.85. The molecule has 0 radical (unpaired) electrons. The number of fused-ring (bicyclic) bond motifs is 1. The highest BCUT2D eigenvalue weighted by Gasteiger charge is 2.04. The van der Waals surface area contributed by atoms with E-state index in [9.17, 15) is 9.59 Å². The lowest BCUT2D eigenvalue weighted by molar-refractivity contribution is -0.120. The minimum Gasteiger partial charge on any atom is -0.355 e. The minimum atomic E-state index is -0.119. The molecule has 0 bridgehead atoms. The van der Waals surface area contributed by atoms with E-state index in [-0.39, 0.29) is 23.9 Å². The van der Waals surface area contributed by atoms with Crippen molar-refractivity contribution in [3.8, 4) is 0 Å². The summed E-state index contributed by atoms with van der Waals surface area (Å²) in [6.07, 6.45) is 0.464. The van der Waals surface area contributed by atoms with Crippen molar-refractivity contribution in [1.29, 1.82) is 0 Å². The number of likely N-dealkylation sites (N-methyl/N-ethyl adjacent to an activating group) is 1. The first kappa shape index (κ1) is 19.5. The number of aromatic nitrogens is 2. The average molecular weight is 357 g/mol. The van der Waals surface area contributed by atoms with Crippen LogP contribution in [0.2, 0.25) is 0 Å². The Hall–Kier alpha value is -1.57. The second-order valence-corrected chi connectivity index (χ2v) is 5.89. The molecule has 2 rings (SSSR count). The van der Waals surface area contributed by atoms with Crippen molar-refractivity contribution in [2.24, 2.45) is 0 Å². The van der Waals surface area contributed by atoms with E-state index in [0.29, 0.717) is 41.2 Å². The van der Waals surface area contributed by atoms with Gasteiger partial charge in [0.25, 0.3) is 5.56 Å². The molecule has 0 fully saturated rings. The van der Waals surface area contributed by atoms with Crippen molar-refractivity contribution in [1.82, 2.24) is 20.6 Å². The van der Waals surface area contributed by atoms with Crippen LogP contribution in [0.15, 0.2) is 29.1 Å². The van der Waals surface area contributed by atoms with Gasteiger partial charge in [-0.05, 0) is 19.2 Å². The van der Waals surface area contributed by atoms with E-state index in [2.05, 4.69) is 20.6 Å². The fourth-order valence-corrected chi connectivity index (χ4v) is 2.76. The lowest BCUT2D eigenvalue weighted by atomic mass is 10.2. The van der Waals surface area contributed by atoms with Gasteiger partial charge in [-0.1, -0.05) is 12.1 Å². The Labute approximate surface area is 145 Å². The van der Waals surface area contributed by atoms with Crippen LogP contribution in [0.25, 0.3) is 10.9 Å². The number of benzene rings is 1. The van der Waals surface area contributed by atoms with Crippen LogP contribution in [0.4, 0.5) is 0 Å². The van der Waals surface area contributed by atoms with E-state index in [1.807, 2.05) is 25.2 Å². The number of hydrogen-bond donors (Lipinski definition) is 3. The van der Waals surface area contributed by atoms with E-state index in [0.717, 1.165) is 6.54 Å². The van der Waals surface area contributed by atoms with Gasteiger partial charge < -0.3 is 15.6 Å². The number of hydrogen-bond acceptors (Lipinski definition) is 5. The maximum absolute atomic E-state index is 11.9. The van der Waals surface area contributed by atoms with Gasteiger partial charge >= 0.3 is 0 Å². The lowest BCUT2D eigenvalue weighted by Gasteiger charge is -2.05. The number of aromatic amines is 1. The third-order valence-corrected chi connectivity index (χ3v) is 4.04. The van der Waals surface area contributed by atoms with Gasteiger partial charge in [-0.25, -0.2) is 4.98 Å². The molecule has 0 atom stereocenters. The van der Waals surface area contributed by atoms with Gasteiger partial charge in [-0.3, -0.25) is 9.59 Å². The molecule has 8 heteroatoms. The van der Waals surface area contributed by atoms with Crippen LogP contribution < -0.4 is 16.2 Å². The number of halogens is 1. The molecular formula is C15H21ClN4O2S. The summed E-state index contributed by atoms with van der Waals surface area (Å²) in [5, 5.41) is 6.39. The molecule has 0 unspecified atom stereocenters. The number of nitrogens with one attached hydrogen (secondary N) is 3. The van der Waals surface area contributed by atoms with E-state index in [4.69, 9.17) is 0 Å². The Morgan fingerprint density at radius 1 is 1.30 bits per heavy atom. The number of carbonyl (C=O) groups excluding carboxylic acids is 1. The van der Waals surface area contributed by atoms with Gasteiger partial charge in [0.05, 0.1) is 16.7 Å². The number of rotatable bonds is 8. The van der Waals surface area contributed by atoms with Gasteiger partial charge in [0.15, 0.2) is 0 Å². The molecule has 1 aromatic carbocycles. The zero-order valence-corrected chi connectivity index (χ0v) is 14.6. The molecular weight excluding hydrogens is 336 g/mol. The first-order valence-corrected chi connectivity index (χ1v) is 8.33. The minimum absolute atomic E-state index is 0. The molecule has 0 spiro atoms. The molecule has 2 aromatic rings. The Balaban J connectivity index is 0.00000264. The zero-order valence-electron chi connectivity index (χ0n) is 12.9. The number of amides is 1. The molecule has 23 heavy (non-hydrogen) atoms. The first-order valence-electron chi connectivity index (χ1n) is 7.17. The summed E-state index contributed by atoms with van der Waals surface area (Å²) in [4.78, 5) is 30.7. The zero-order chi connectivity index (χ0) is 15.8. The molecule has 6 nitrogen and oxygen atoms in total. The van der Waals surface area contributed by atoms with Crippen molar-refractivity contribution < 1.29 is 4.79 Å². The summed E-state index contributed by atoms with van der Waals surface area (Å²) < 4.78 is 0. The lowest BCUT2D eigenvalue weighted by Crippen LogP contribution is -2.30. The maximum Gasteiger partial charge on any atom is 0.258 e. The predicted octanol–water partition coefficient (Wildman–Crippen LogP) is 1.30. The SMILES string of the molecule is CNCCNC(=O)CCSCc1nc2ccccc2c(=O)[nH]1.Cl. The van der Waals surface area contributed by atoms with Gasteiger partial charge in [0.1, 0.15) is 5.82 Å². The Bertz CT molecular complexity index is 692. The van der Waals surface area contributed by atoms with E-state index in [1.54, 1.807) is 17.8 Å². The summed E-state index contributed by atoms with van der Waals surface area (Å²) in [5.74, 6) is 1.97. The quantitative estimate of drug-likeness (QED) is 0.621. The predicted molar refractivity (Wildman–Crippen MR) is 97.3 cm³/mol. The monoisotopic (exact) mass is 356 g/mol. The maximum atomic E-state index is 11.9. The molecule has 126 valence electrons. The number of para-hydroxylation sites is 1. The topological polar surface area (TPSA) is 86.9 Å². The molecule has 1 aromatic heterocycles. The molecule has 0 saturated carbocycles. The molecule has 1 amide bonds. The average Bonchev–Trinajstić information content (AvgIpc) is 2.52. The summed E-state index contributed by atoms with van der Waals surface area (Å²) in [6, 6.07) is 7.27. The van der Waals surface area contributed by atoms with Gasteiger partial charge in [0.2, 0.25) is 5.91 Å². The highest BCUT2D eigenvalue weighted by Crippen LogP contribution is 2.11. The van der Waals surface area contributed by atoms with E-state index in [1.165, 1.54) is 0 Å². The smallest absolute Gasteiger partial charge is 0.258 e. The second kappa shape index (κ2) is 10.3. The normalized spacial score (nSPS) is 10.3. The third kappa shape index (κ3) is 6.21.